The highest BCUT2D eigenvalue weighted by atomic mass is 19.1. The highest BCUT2D eigenvalue weighted by Crippen LogP contribution is 2.36. The molecule has 2 aromatic rings. The van der Waals surface area contributed by atoms with E-state index in [9.17, 15) is 13.9 Å². The molecule has 0 radical (unpaired) electrons. The van der Waals surface area contributed by atoms with Crippen molar-refractivity contribution in [2.24, 2.45) is 0 Å². The first-order valence-electron chi connectivity index (χ1n) is 8.53. The highest BCUT2D eigenvalue weighted by Gasteiger charge is 2.38. The van der Waals surface area contributed by atoms with Gasteiger partial charge in [0.05, 0.1) is 16.9 Å². The van der Waals surface area contributed by atoms with Crippen molar-refractivity contribution in [2.75, 3.05) is 13.1 Å². The van der Waals surface area contributed by atoms with Crippen LogP contribution in [0, 0.1) is 11.6 Å². The van der Waals surface area contributed by atoms with Gasteiger partial charge in [-0.1, -0.05) is 26.8 Å². The van der Waals surface area contributed by atoms with Crippen LogP contribution in [0.15, 0.2) is 29.0 Å². The molecule has 136 valence electrons. The summed E-state index contributed by atoms with van der Waals surface area (Å²) in [5.41, 5.74) is -0.956. The molecule has 0 spiro atoms. The lowest BCUT2D eigenvalue weighted by Gasteiger charge is -2.38. The second-order valence-electron chi connectivity index (χ2n) is 7.78. The van der Waals surface area contributed by atoms with E-state index < -0.39 is 17.2 Å². The zero-order valence-corrected chi connectivity index (χ0v) is 14.9. The molecule has 1 aliphatic rings. The van der Waals surface area contributed by atoms with Gasteiger partial charge in [0.25, 0.3) is 0 Å². The lowest BCUT2D eigenvalue weighted by molar-refractivity contribution is -0.0332. The Morgan fingerprint density at radius 1 is 1.20 bits per heavy atom. The number of nitrogens with zero attached hydrogens (tertiary/aromatic N) is 2. The van der Waals surface area contributed by atoms with E-state index in [1.165, 1.54) is 24.6 Å². The molecule has 0 bridgehead atoms. The Morgan fingerprint density at radius 3 is 2.36 bits per heavy atom. The van der Waals surface area contributed by atoms with E-state index in [-0.39, 0.29) is 23.8 Å². The van der Waals surface area contributed by atoms with Gasteiger partial charge in [0.2, 0.25) is 0 Å². The first-order chi connectivity index (χ1) is 11.7. The largest absolute Gasteiger partial charge is 0.448 e. The predicted octanol–water partition coefficient (Wildman–Crippen LogP) is 3.73. The second kappa shape index (κ2) is 6.50. The summed E-state index contributed by atoms with van der Waals surface area (Å²) in [5, 5.41) is 10.8. The number of hydrogen-bond donors (Lipinski definition) is 1. The van der Waals surface area contributed by atoms with E-state index in [1.807, 2.05) is 0 Å². The lowest BCUT2D eigenvalue weighted by Crippen LogP contribution is -2.43. The summed E-state index contributed by atoms with van der Waals surface area (Å²) in [6.07, 6.45) is 1.99. The molecule has 25 heavy (non-hydrogen) atoms. The van der Waals surface area contributed by atoms with Gasteiger partial charge in [-0.25, -0.2) is 13.8 Å². The Morgan fingerprint density at radius 2 is 1.80 bits per heavy atom. The molecular formula is C19H24F2N2O2. The number of aliphatic hydroxyl groups is 1. The summed E-state index contributed by atoms with van der Waals surface area (Å²) in [7, 11) is 0. The minimum atomic E-state index is -1.47. The minimum Gasteiger partial charge on any atom is -0.448 e. The Kier molecular flexibility index (Phi) is 4.68. The molecule has 0 amide bonds. The SMILES string of the molecule is CC(C)(C)c1ocnc1CN1CCC(O)(c2c(F)cccc2F)CC1. The first kappa shape index (κ1) is 18.0. The summed E-state index contributed by atoms with van der Waals surface area (Å²) in [6, 6.07) is 3.69. The van der Waals surface area contributed by atoms with Gasteiger partial charge in [-0.15, -0.1) is 0 Å². The average molecular weight is 350 g/mol. The Balaban J connectivity index is 1.71. The van der Waals surface area contributed by atoms with Gasteiger partial charge in [-0.2, -0.15) is 0 Å². The fourth-order valence-corrected chi connectivity index (χ4v) is 3.48. The third-order valence-corrected chi connectivity index (χ3v) is 4.81. The molecule has 1 aromatic carbocycles. The average Bonchev–Trinajstić information content (AvgIpc) is 2.98. The van der Waals surface area contributed by atoms with Crippen molar-refractivity contribution >= 4 is 0 Å². The van der Waals surface area contributed by atoms with Crippen molar-refractivity contribution in [3.8, 4) is 0 Å². The molecule has 4 nitrogen and oxygen atoms in total. The lowest BCUT2D eigenvalue weighted by atomic mass is 9.83. The number of likely N-dealkylation sites (tertiary alicyclic amines) is 1. The summed E-state index contributed by atoms with van der Waals surface area (Å²) < 4.78 is 33.6. The smallest absolute Gasteiger partial charge is 0.181 e. The van der Waals surface area contributed by atoms with E-state index >= 15 is 0 Å². The molecule has 0 unspecified atom stereocenters. The molecule has 2 heterocycles. The third kappa shape index (κ3) is 3.60. The molecule has 3 rings (SSSR count). The van der Waals surface area contributed by atoms with Crippen LogP contribution in [0.25, 0.3) is 0 Å². The number of oxazole rings is 1. The van der Waals surface area contributed by atoms with Crippen LogP contribution in [0.4, 0.5) is 8.78 Å². The van der Waals surface area contributed by atoms with Gasteiger partial charge >= 0.3 is 0 Å². The van der Waals surface area contributed by atoms with Gasteiger partial charge in [0.15, 0.2) is 6.39 Å². The maximum absolute atomic E-state index is 14.0. The molecule has 1 saturated heterocycles. The molecular weight excluding hydrogens is 326 g/mol. The van der Waals surface area contributed by atoms with Crippen LogP contribution in [-0.4, -0.2) is 28.1 Å². The maximum atomic E-state index is 14.0. The molecule has 1 N–H and O–H groups in total. The molecule has 0 aliphatic carbocycles. The quantitative estimate of drug-likeness (QED) is 0.916. The number of benzene rings is 1. The van der Waals surface area contributed by atoms with Crippen molar-refractivity contribution in [1.82, 2.24) is 9.88 Å². The van der Waals surface area contributed by atoms with Crippen LogP contribution >= 0.6 is 0 Å². The molecule has 6 heteroatoms. The van der Waals surface area contributed by atoms with Crippen molar-refractivity contribution in [1.29, 1.82) is 0 Å². The van der Waals surface area contributed by atoms with Gasteiger partial charge in [0, 0.05) is 25.0 Å². The van der Waals surface area contributed by atoms with Gasteiger partial charge < -0.3 is 9.52 Å². The molecule has 1 aromatic heterocycles. The van der Waals surface area contributed by atoms with Gasteiger partial charge in [0.1, 0.15) is 17.4 Å². The fraction of sp³-hybridized carbons (Fsp3) is 0.526. The number of aromatic nitrogens is 1. The van der Waals surface area contributed by atoms with Crippen molar-refractivity contribution in [3.05, 3.63) is 53.2 Å². The van der Waals surface area contributed by atoms with E-state index in [1.54, 1.807) is 0 Å². The Labute approximate surface area is 146 Å². The highest BCUT2D eigenvalue weighted by molar-refractivity contribution is 5.27. The van der Waals surface area contributed by atoms with E-state index in [4.69, 9.17) is 4.42 Å². The summed E-state index contributed by atoms with van der Waals surface area (Å²) in [4.78, 5) is 6.43. The molecule has 0 atom stereocenters. The van der Waals surface area contributed by atoms with E-state index in [0.29, 0.717) is 19.6 Å². The van der Waals surface area contributed by atoms with E-state index in [2.05, 4.69) is 30.7 Å². The fourth-order valence-electron chi connectivity index (χ4n) is 3.48. The second-order valence-corrected chi connectivity index (χ2v) is 7.78. The first-order valence-corrected chi connectivity index (χ1v) is 8.53. The van der Waals surface area contributed by atoms with Crippen molar-refractivity contribution in [2.45, 2.75) is 51.2 Å². The molecule has 1 fully saturated rings. The van der Waals surface area contributed by atoms with Gasteiger partial charge in [-0.3, -0.25) is 4.90 Å². The van der Waals surface area contributed by atoms with Crippen LogP contribution in [0.2, 0.25) is 0 Å². The van der Waals surface area contributed by atoms with Crippen LogP contribution in [-0.2, 0) is 17.6 Å². The Bertz CT molecular complexity index is 724. The molecule has 1 aliphatic heterocycles. The number of halogens is 2. The topological polar surface area (TPSA) is 49.5 Å². The Hall–Kier alpha value is -1.79. The van der Waals surface area contributed by atoms with E-state index in [0.717, 1.165) is 11.5 Å². The zero-order chi connectivity index (χ0) is 18.2. The molecule has 0 saturated carbocycles. The summed E-state index contributed by atoms with van der Waals surface area (Å²) >= 11 is 0. The monoisotopic (exact) mass is 350 g/mol. The number of rotatable bonds is 3. The van der Waals surface area contributed by atoms with Crippen LogP contribution in [0.3, 0.4) is 0 Å². The third-order valence-electron chi connectivity index (χ3n) is 4.81. The normalized spacial score (nSPS) is 18.5. The van der Waals surface area contributed by atoms with Crippen LogP contribution in [0.5, 0.6) is 0 Å². The number of hydrogen-bond acceptors (Lipinski definition) is 4. The maximum Gasteiger partial charge on any atom is 0.181 e. The van der Waals surface area contributed by atoms with Crippen molar-refractivity contribution in [3.63, 3.8) is 0 Å². The van der Waals surface area contributed by atoms with Crippen LogP contribution in [0.1, 0.15) is 50.6 Å². The summed E-state index contributed by atoms with van der Waals surface area (Å²) in [5.74, 6) is -0.543. The standard InChI is InChI=1S/C19H24F2N2O2/c1-18(2,3)17-15(22-12-25-17)11-23-9-7-19(24,8-10-23)16-13(20)5-4-6-14(16)21/h4-6,12,24H,7-11H2,1-3H3. The van der Waals surface area contributed by atoms with Crippen molar-refractivity contribution < 1.29 is 18.3 Å². The summed E-state index contributed by atoms with van der Waals surface area (Å²) in [6.45, 7) is 7.84. The predicted molar refractivity (Wildman–Crippen MR) is 90.0 cm³/mol. The number of piperidine rings is 1. The minimum absolute atomic E-state index is 0.140. The van der Waals surface area contributed by atoms with Crippen LogP contribution < -0.4 is 0 Å². The zero-order valence-electron chi connectivity index (χ0n) is 14.9. The van der Waals surface area contributed by atoms with Gasteiger partial charge in [-0.05, 0) is 25.0 Å².